The number of aromatic amines is 1. The van der Waals surface area contributed by atoms with Crippen molar-refractivity contribution >= 4 is 11.0 Å². The number of imidazole rings is 1. The van der Waals surface area contributed by atoms with Gasteiger partial charge in [-0.2, -0.15) is 0 Å². The fourth-order valence-corrected chi connectivity index (χ4v) is 3.72. The summed E-state index contributed by atoms with van der Waals surface area (Å²) in [6, 6.07) is 20.7. The van der Waals surface area contributed by atoms with Gasteiger partial charge in [0.05, 0.1) is 29.9 Å². The van der Waals surface area contributed by atoms with Crippen LogP contribution in [0.5, 0.6) is 0 Å². The standard InChI is InChI=1S/C23H22N4O/c1-2-5-18(6-3-1)22-19(7-4-10-24-22)23-25-20-9-8-17(15-21(20)26-23)16-27-11-13-28-14-12-27/h1-10,15H,11-14,16H2,(H,25,26). The maximum absolute atomic E-state index is 5.44. The monoisotopic (exact) mass is 370 g/mol. The number of morpholine rings is 1. The van der Waals surface area contributed by atoms with Crippen LogP contribution in [0.3, 0.4) is 0 Å². The van der Waals surface area contributed by atoms with E-state index in [0.717, 1.165) is 66.5 Å². The Morgan fingerprint density at radius 1 is 0.964 bits per heavy atom. The smallest absolute Gasteiger partial charge is 0.140 e. The van der Waals surface area contributed by atoms with Crippen LogP contribution in [-0.2, 0) is 11.3 Å². The van der Waals surface area contributed by atoms with E-state index < -0.39 is 0 Å². The highest BCUT2D eigenvalue weighted by Crippen LogP contribution is 2.29. The van der Waals surface area contributed by atoms with E-state index in [1.807, 2.05) is 30.5 Å². The quantitative estimate of drug-likeness (QED) is 0.587. The largest absolute Gasteiger partial charge is 0.379 e. The summed E-state index contributed by atoms with van der Waals surface area (Å²) in [5, 5.41) is 0. The van der Waals surface area contributed by atoms with Crippen molar-refractivity contribution < 1.29 is 4.74 Å². The Kier molecular flexibility index (Phi) is 4.61. The number of H-pyrrole nitrogens is 1. The van der Waals surface area contributed by atoms with Crippen LogP contribution in [-0.4, -0.2) is 46.2 Å². The molecule has 1 N–H and O–H groups in total. The van der Waals surface area contributed by atoms with Crippen LogP contribution < -0.4 is 0 Å². The van der Waals surface area contributed by atoms with Gasteiger partial charge in [0.1, 0.15) is 5.82 Å². The zero-order valence-corrected chi connectivity index (χ0v) is 15.6. The molecular weight excluding hydrogens is 348 g/mol. The number of hydrogen-bond donors (Lipinski definition) is 1. The first-order valence-electron chi connectivity index (χ1n) is 9.66. The molecule has 4 aromatic rings. The Balaban J connectivity index is 1.49. The summed E-state index contributed by atoms with van der Waals surface area (Å²) in [7, 11) is 0. The van der Waals surface area contributed by atoms with E-state index in [-0.39, 0.29) is 0 Å². The molecule has 2 aromatic heterocycles. The minimum absolute atomic E-state index is 0.819. The number of rotatable bonds is 4. The Morgan fingerprint density at radius 2 is 1.82 bits per heavy atom. The van der Waals surface area contributed by atoms with Crippen LogP contribution >= 0.6 is 0 Å². The average Bonchev–Trinajstić information content (AvgIpc) is 3.18. The van der Waals surface area contributed by atoms with Crippen molar-refractivity contribution in [2.24, 2.45) is 0 Å². The van der Waals surface area contributed by atoms with Gasteiger partial charge in [0, 0.05) is 37.0 Å². The van der Waals surface area contributed by atoms with Crippen molar-refractivity contribution in [1.82, 2.24) is 19.9 Å². The molecule has 0 radical (unpaired) electrons. The first kappa shape index (κ1) is 17.1. The summed E-state index contributed by atoms with van der Waals surface area (Å²) in [5.41, 5.74) is 6.37. The zero-order valence-electron chi connectivity index (χ0n) is 15.6. The number of pyridine rings is 1. The average molecular weight is 370 g/mol. The van der Waals surface area contributed by atoms with E-state index >= 15 is 0 Å². The third-order valence-corrected chi connectivity index (χ3v) is 5.17. The number of benzene rings is 2. The fourth-order valence-electron chi connectivity index (χ4n) is 3.72. The summed E-state index contributed by atoms with van der Waals surface area (Å²) < 4.78 is 5.44. The fraction of sp³-hybridized carbons (Fsp3) is 0.217. The molecule has 0 aliphatic carbocycles. The van der Waals surface area contributed by atoms with Gasteiger partial charge in [-0.15, -0.1) is 0 Å². The third kappa shape index (κ3) is 3.42. The summed E-state index contributed by atoms with van der Waals surface area (Å²) in [5.74, 6) is 0.852. The molecule has 1 aliphatic heterocycles. The molecule has 1 aliphatic rings. The van der Waals surface area contributed by atoms with E-state index in [2.05, 4.69) is 51.3 Å². The highest BCUT2D eigenvalue weighted by molar-refractivity contribution is 5.84. The van der Waals surface area contributed by atoms with E-state index in [0.29, 0.717) is 0 Å². The molecule has 0 bridgehead atoms. The van der Waals surface area contributed by atoms with Crippen molar-refractivity contribution in [3.05, 3.63) is 72.4 Å². The Labute approximate surface area is 164 Å². The van der Waals surface area contributed by atoms with Gasteiger partial charge in [-0.05, 0) is 29.8 Å². The van der Waals surface area contributed by atoms with Crippen LogP contribution in [0.25, 0.3) is 33.7 Å². The van der Waals surface area contributed by atoms with Gasteiger partial charge in [-0.25, -0.2) is 4.98 Å². The molecule has 2 aromatic carbocycles. The predicted octanol–water partition coefficient (Wildman–Crippen LogP) is 4.12. The molecule has 0 unspecified atom stereocenters. The second-order valence-corrected chi connectivity index (χ2v) is 7.09. The SMILES string of the molecule is c1ccc(-c2ncccc2-c2nc3ccc(CN4CCOCC4)cc3[nH]2)cc1. The topological polar surface area (TPSA) is 54.0 Å². The van der Waals surface area contributed by atoms with Crippen LogP contribution in [0.4, 0.5) is 0 Å². The molecular formula is C23H22N4O. The maximum Gasteiger partial charge on any atom is 0.140 e. The van der Waals surface area contributed by atoms with Crippen molar-refractivity contribution in [2.45, 2.75) is 6.54 Å². The summed E-state index contributed by atoms with van der Waals surface area (Å²) in [6.07, 6.45) is 1.83. The van der Waals surface area contributed by atoms with Crippen LogP contribution in [0, 0.1) is 0 Å². The molecule has 5 heteroatoms. The molecule has 5 rings (SSSR count). The molecule has 0 amide bonds. The highest BCUT2D eigenvalue weighted by Gasteiger charge is 2.14. The van der Waals surface area contributed by atoms with Crippen molar-refractivity contribution in [2.75, 3.05) is 26.3 Å². The lowest BCUT2D eigenvalue weighted by molar-refractivity contribution is 0.0342. The number of hydrogen-bond acceptors (Lipinski definition) is 4. The van der Waals surface area contributed by atoms with E-state index in [1.165, 1.54) is 5.56 Å². The van der Waals surface area contributed by atoms with Crippen molar-refractivity contribution in [1.29, 1.82) is 0 Å². The number of nitrogens with zero attached hydrogens (tertiary/aromatic N) is 3. The summed E-state index contributed by atoms with van der Waals surface area (Å²) in [4.78, 5) is 15.4. The summed E-state index contributed by atoms with van der Waals surface area (Å²) in [6.45, 7) is 4.56. The molecule has 3 heterocycles. The molecule has 0 saturated carbocycles. The number of ether oxygens (including phenoxy) is 1. The number of nitrogens with one attached hydrogen (secondary N) is 1. The second-order valence-electron chi connectivity index (χ2n) is 7.09. The second kappa shape index (κ2) is 7.54. The van der Waals surface area contributed by atoms with Crippen LogP contribution in [0.1, 0.15) is 5.56 Å². The van der Waals surface area contributed by atoms with Crippen LogP contribution in [0.15, 0.2) is 66.9 Å². The van der Waals surface area contributed by atoms with Gasteiger partial charge in [-0.1, -0.05) is 36.4 Å². The minimum Gasteiger partial charge on any atom is -0.379 e. The van der Waals surface area contributed by atoms with Gasteiger partial charge in [0.2, 0.25) is 0 Å². The molecule has 0 atom stereocenters. The molecule has 1 saturated heterocycles. The van der Waals surface area contributed by atoms with E-state index in [4.69, 9.17) is 9.72 Å². The maximum atomic E-state index is 5.44. The number of fused-ring (bicyclic) bond motifs is 1. The van der Waals surface area contributed by atoms with Gasteiger partial charge in [0.25, 0.3) is 0 Å². The van der Waals surface area contributed by atoms with Gasteiger partial charge >= 0.3 is 0 Å². The Bertz CT molecular complexity index is 1080. The van der Waals surface area contributed by atoms with Crippen LogP contribution in [0.2, 0.25) is 0 Å². The molecule has 0 spiro atoms. The van der Waals surface area contributed by atoms with Crippen molar-refractivity contribution in [3.8, 4) is 22.6 Å². The summed E-state index contributed by atoms with van der Waals surface area (Å²) >= 11 is 0. The highest BCUT2D eigenvalue weighted by atomic mass is 16.5. The van der Waals surface area contributed by atoms with E-state index in [9.17, 15) is 0 Å². The van der Waals surface area contributed by atoms with Gasteiger partial charge < -0.3 is 9.72 Å². The molecule has 5 nitrogen and oxygen atoms in total. The third-order valence-electron chi connectivity index (χ3n) is 5.17. The molecule has 140 valence electrons. The minimum atomic E-state index is 0.819. The Hall–Kier alpha value is -3.02. The van der Waals surface area contributed by atoms with Crippen molar-refractivity contribution in [3.63, 3.8) is 0 Å². The lowest BCUT2D eigenvalue weighted by Crippen LogP contribution is -2.35. The molecule has 1 fully saturated rings. The number of aromatic nitrogens is 3. The lowest BCUT2D eigenvalue weighted by Gasteiger charge is -2.26. The normalized spacial score (nSPS) is 15.1. The first-order valence-corrected chi connectivity index (χ1v) is 9.66. The first-order chi connectivity index (χ1) is 13.9. The van der Waals surface area contributed by atoms with Gasteiger partial charge in [-0.3, -0.25) is 9.88 Å². The Morgan fingerprint density at radius 3 is 2.68 bits per heavy atom. The van der Waals surface area contributed by atoms with Gasteiger partial charge in [0.15, 0.2) is 0 Å². The van der Waals surface area contributed by atoms with E-state index in [1.54, 1.807) is 0 Å². The zero-order chi connectivity index (χ0) is 18.8. The lowest BCUT2D eigenvalue weighted by atomic mass is 10.1. The molecule has 28 heavy (non-hydrogen) atoms. The predicted molar refractivity (Wildman–Crippen MR) is 111 cm³/mol.